The lowest BCUT2D eigenvalue weighted by Crippen LogP contribution is -2.50. The molecule has 1 aliphatic heterocycles. The Morgan fingerprint density at radius 3 is 2.11 bits per heavy atom. The standard InChI is InChI=1S/C19H20F2N2O4S/c1-2-27-15-8-6-14(7-9-15)19(24)22-10-12-23(13-11-22)28(25,26)18-16(20)4-3-5-17(18)21/h3-9H,2,10-13H2,1H3. The Labute approximate surface area is 162 Å². The lowest BCUT2D eigenvalue weighted by molar-refractivity contribution is 0.0697. The summed E-state index contributed by atoms with van der Waals surface area (Å²) in [6.45, 7) is 2.55. The maximum Gasteiger partial charge on any atom is 0.253 e. The van der Waals surface area contributed by atoms with E-state index in [1.807, 2.05) is 6.92 Å². The molecule has 1 aliphatic rings. The molecule has 0 atom stereocenters. The van der Waals surface area contributed by atoms with Crippen molar-refractivity contribution in [1.29, 1.82) is 0 Å². The second-order valence-electron chi connectivity index (χ2n) is 6.20. The SMILES string of the molecule is CCOc1ccc(C(=O)N2CCN(S(=O)(=O)c3c(F)cccc3F)CC2)cc1. The zero-order valence-electron chi connectivity index (χ0n) is 15.3. The zero-order chi connectivity index (χ0) is 20.3. The molecule has 9 heteroatoms. The average molecular weight is 410 g/mol. The normalized spacial score (nSPS) is 15.5. The molecular weight excluding hydrogens is 390 g/mol. The maximum atomic E-state index is 13.9. The van der Waals surface area contributed by atoms with Gasteiger partial charge in [-0.05, 0) is 43.3 Å². The number of ether oxygens (including phenoxy) is 1. The molecule has 0 unspecified atom stereocenters. The summed E-state index contributed by atoms with van der Waals surface area (Å²) >= 11 is 0. The number of rotatable bonds is 5. The van der Waals surface area contributed by atoms with Crippen LogP contribution in [-0.2, 0) is 10.0 Å². The highest BCUT2D eigenvalue weighted by Crippen LogP contribution is 2.24. The van der Waals surface area contributed by atoms with Crippen LogP contribution in [0.2, 0.25) is 0 Å². The minimum Gasteiger partial charge on any atom is -0.494 e. The van der Waals surface area contributed by atoms with Crippen molar-refractivity contribution in [1.82, 2.24) is 9.21 Å². The van der Waals surface area contributed by atoms with E-state index in [0.29, 0.717) is 17.9 Å². The Morgan fingerprint density at radius 1 is 1.00 bits per heavy atom. The molecule has 0 aliphatic carbocycles. The van der Waals surface area contributed by atoms with E-state index >= 15 is 0 Å². The summed E-state index contributed by atoms with van der Waals surface area (Å²) in [4.78, 5) is 13.2. The van der Waals surface area contributed by atoms with Gasteiger partial charge in [0.05, 0.1) is 6.61 Å². The van der Waals surface area contributed by atoms with Crippen LogP contribution < -0.4 is 4.74 Å². The quantitative estimate of drug-likeness (QED) is 0.760. The van der Waals surface area contributed by atoms with Crippen LogP contribution in [0.5, 0.6) is 5.75 Å². The fraction of sp³-hybridized carbons (Fsp3) is 0.316. The van der Waals surface area contributed by atoms with Gasteiger partial charge in [-0.1, -0.05) is 6.07 Å². The molecule has 150 valence electrons. The number of halogens is 2. The lowest BCUT2D eigenvalue weighted by Gasteiger charge is -2.34. The van der Waals surface area contributed by atoms with E-state index in [9.17, 15) is 22.0 Å². The van der Waals surface area contributed by atoms with Gasteiger partial charge < -0.3 is 9.64 Å². The number of piperazine rings is 1. The van der Waals surface area contributed by atoms with E-state index in [4.69, 9.17) is 4.74 Å². The Bertz CT molecular complexity index is 936. The van der Waals surface area contributed by atoms with Crippen molar-refractivity contribution in [2.75, 3.05) is 32.8 Å². The third-order valence-electron chi connectivity index (χ3n) is 4.45. The van der Waals surface area contributed by atoms with Gasteiger partial charge >= 0.3 is 0 Å². The summed E-state index contributed by atoms with van der Waals surface area (Å²) in [5.41, 5.74) is 0.458. The van der Waals surface area contributed by atoms with Gasteiger partial charge in [0.25, 0.3) is 5.91 Å². The molecule has 2 aromatic rings. The number of amides is 1. The van der Waals surface area contributed by atoms with Gasteiger partial charge in [-0.2, -0.15) is 4.31 Å². The van der Waals surface area contributed by atoms with Gasteiger partial charge in [-0.25, -0.2) is 17.2 Å². The first-order valence-electron chi connectivity index (χ1n) is 8.81. The molecule has 1 amide bonds. The van der Waals surface area contributed by atoms with Gasteiger partial charge in [0.15, 0.2) is 4.90 Å². The molecule has 0 spiro atoms. The van der Waals surface area contributed by atoms with Crippen LogP contribution in [0, 0.1) is 11.6 Å². The summed E-state index contributed by atoms with van der Waals surface area (Å²) in [5, 5.41) is 0. The number of sulfonamides is 1. The minimum absolute atomic E-state index is 0.0428. The third kappa shape index (κ3) is 4.00. The van der Waals surface area contributed by atoms with Crippen molar-refractivity contribution >= 4 is 15.9 Å². The molecule has 6 nitrogen and oxygen atoms in total. The van der Waals surface area contributed by atoms with E-state index in [1.54, 1.807) is 24.3 Å². The number of carbonyl (C=O) groups excluding carboxylic acids is 1. The first-order valence-corrected chi connectivity index (χ1v) is 10.2. The van der Waals surface area contributed by atoms with Crippen LogP contribution in [-0.4, -0.2) is 56.3 Å². The summed E-state index contributed by atoms with van der Waals surface area (Å²) in [7, 11) is -4.32. The predicted molar refractivity (Wildman–Crippen MR) is 98.6 cm³/mol. The van der Waals surface area contributed by atoms with Crippen LogP contribution in [0.25, 0.3) is 0 Å². The highest BCUT2D eigenvalue weighted by Gasteiger charge is 2.34. The van der Waals surface area contributed by atoms with Gasteiger partial charge in [-0.3, -0.25) is 4.79 Å². The Hall–Kier alpha value is -2.52. The minimum atomic E-state index is -4.32. The van der Waals surface area contributed by atoms with E-state index in [2.05, 4.69) is 0 Å². The van der Waals surface area contributed by atoms with Crippen molar-refractivity contribution in [3.05, 3.63) is 59.7 Å². The number of carbonyl (C=O) groups is 1. The molecule has 2 aromatic carbocycles. The third-order valence-corrected chi connectivity index (χ3v) is 6.41. The number of hydrogen-bond acceptors (Lipinski definition) is 4. The van der Waals surface area contributed by atoms with Crippen LogP contribution in [0.15, 0.2) is 47.4 Å². The molecule has 3 rings (SSSR count). The van der Waals surface area contributed by atoms with E-state index < -0.39 is 26.6 Å². The first kappa shape index (κ1) is 20.2. The van der Waals surface area contributed by atoms with Crippen LogP contribution in [0.4, 0.5) is 8.78 Å². The molecule has 1 heterocycles. The largest absolute Gasteiger partial charge is 0.494 e. The fourth-order valence-electron chi connectivity index (χ4n) is 3.03. The molecule has 0 N–H and O–H groups in total. The Morgan fingerprint density at radius 2 is 1.57 bits per heavy atom. The van der Waals surface area contributed by atoms with Crippen molar-refractivity contribution in [2.45, 2.75) is 11.8 Å². The second-order valence-corrected chi connectivity index (χ2v) is 8.08. The first-order chi connectivity index (χ1) is 13.3. The van der Waals surface area contributed by atoms with Crippen LogP contribution in [0.1, 0.15) is 17.3 Å². The van der Waals surface area contributed by atoms with Crippen molar-refractivity contribution in [3.8, 4) is 5.75 Å². The smallest absolute Gasteiger partial charge is 0.253 e. The van der Waals surface area contributed by atoms with Crippen molar-refractivity contribution in [3.63, 3.8) is 0 Å². The lowest BCUT2D eigenvalue weighted by atomic mass is 10.2. The average Bonchev–Trinajstić information content (AvgIpc) is 2.68. The highest BCUT2D eigenvalue weighted by molar-refractivity contribution is 7.89. The topological polar surface area (TPSA) is 66.9 Å². The van der Waals surface area contributed by atoms with Crippen molar-refractivity contribution < 1.29 is 26.7 Å². The van der Waals surface area contributed by atoms with Gasteiger partial charge in [0.2, 0.25) is 10.0 Å². The summed E-state index contributed by atoms with van der Waals surface area (Å²) in [5.74, 6) is -1.85. The molecule has 1 saturated heterocycles. The van der Waals surface area contributed by atoms with Gasteiger partial charge in [-0.15, -0.1) is 0 Å². The van der Waals surface area contributed by atoms with E-state index in [0.717, 1.165) is 22.5 Å². The second kappa shape index (κ2) is 8.24. The molecule has 0 bridgehead atoms. The Kier molecular flexibility index (Phi) is 5.95. The highest BCUT2D eigenvalue weighted by atomic mass is 32.2. The van der Waals surface area contributed by atoms with Gasteiger partial charge in [0, 0.05) is 31.7 Å². The molecule has 1 fully saturated rings. The molecule has 28 heavy (non-hydrogen) atoms. The summed E-state index contributed by atoms with van der Waals surface area (Å²) in [6.07, 6.45) is 0. The molecule has 0 radical (unpaired) electrons. The van der Waals surface area contributed by atoms with E-state index in [1.165, 1.54) is 4.90 Å². The van der Waals surface area contributed by atoms with Crippen LogP contribution in [0.3, 0.4) is 0 Å². The fourth-order valence-corrected chi connectivity index (χ4v) is 4.56. The number of benzene rings is 2. The van der Waals surface area contributed by atoms with Crippen LogP contribution >= 0.6 is 0 Å². The monoisotopic (exact) mass is 410 g/mol. The maximum absolute atomic E-state index is 13.9. The molecular formula is C19H20F2N2O4S. The zero-order valence-corrected chi connectivity index (χ0v) is 16.1. The molecule has 0 aromatic heterocycles. The van der Waals surface area contributed by atoms with Gasteiger partial charge in [0.1, 0.15) is 17.4 Å². The predicted octanol–water partition coefficient (Wildman–Crippen LogP) is 2.51. The Balaban J connectivity index is 1.69. The number of nitrogens with zero attached hydrogens (tertiary/aromatic N) is 2. The van der Waals surface area contributed by atoms with Crippen molar-refractivity contribution in [2.24, 2.45) is 0 Å². The summed E-state index contributed by atoms with van der Waals surface area (Å²) < 4.78 is 59.3. The van der Waals surface area contributed by atoms with E-state index in [-0.39, 0.29) is 32.1 Å². The summed E-state index contributed by atoms with van der Waals surface area (Å²) in [6, 6.07) is 9.59. The molecule has 0 saturated carbocycles. The number of hydrogen-bond donors (Lipinski definition) is 0.